The van der Waals surface area contributed by atoms with Crippen molar-refractivity contribution in [2.45, 2.75) is 51.7 Å². The molecule has 3 heterocycles. The quantitative estimate of drug-likeness (QED) is 0.572. The van der Waals surface area contributed by atoms with Crippen LogP contribution in [0.4, 0.5) is 4.79 Å². The van der Waals surface area contributed by atoms with Crippen LogP contribution in [0.5, 0.6) is 5.88 Å². The maximum Gasteiger partial charge on any atom is 0.410 e. The number of ether oxygens (including phenoxy) is 2. The highest BCUT2D eigenvalue weighted by Crippen LogP contribution is 2.29. The van der Waals surface area contributed by atoms with Gasteiger partial charge in [-0.2, -0.15) is 0 Å². The molecular formula is C25H29N3O3. The molecule has 0 N–H and O–H groups in total. The Labute approximate surface area is 183 Å². The Morgan fingerprint density at radius 1 is 1.10 bits per heavy atom. The van der Waals surface area contributed by atoms with E-state index in [1.165, 1.54) is 0 Å². The molecule has 0 spiro atoms. The minimum atomic E-state index is -0.469. The number of pyridine rings is 2. The van der Waals surface area contributed by atoms with E-state index in [9.17, 15) is 4.79 Å². The lowest BCUT2D eigenvalue weighted by Crippen LogP contribution is -2.41. The molecule has 3 aromatic rings. The van der Waals surface area contributed by atoms with E-state index in [1.807, 2.05) is 51.2 Å². The van der Waals surface area contributed by atoms with E-state index in [0.717, 1.165) is 34.9 Å². The maximum absolute atomic E-state index is 12.3. The molecule has 2 aromatic heterocycles. The summed E-state index contributed by atoms with van der Waals surface area (Å²) in [5, 5.41) is 2.26. The number of likely N-dealkylation sites (tertiary alicyclic amines) is 1. The zero-order valence-electron chi connectivity index (χ0n) is 18.4. The summed E-state index contributed by atoms with van der Waals surface area (Å²) in [5.41, 5.74) is 1.64. The van der Waals surface area contributed by atoms with Gasteiger partial charge in [0.05, 0.1) is 0 Å². The molecule has 1 aliphatic rings. The van der Waals surface area contributed by atoms with Crippen molar-refractivity contribution in [1.82, 2.24) is 14.9 Å². The lowest BCUT2D eigenvalue weighted by Gasteiger charge is -2.33. The molecule has 6 nitrogen and oxygen atoms in total. The van der Waals surface area contributed by atoms with Crippen LogP contribution in [0, 0.1) is 0 Å². The van der Waals surface area contributed by atoms with Gasteiger partial charge in [-0.15, -0.1) is 0 Å². The Kier molecular flexibility index (Phi) is 6.07. The standard InChI is InChI=1S/C25H29N3O3/c1-25(2,3)31-24(29)28-13-10-19(11-14-28)22-5-4-6-23(27-22)30-17-18-7-8-21-16-26-12-9-20(21)15-18/h4-9,12,15-16,19H,10-11,13-14,17H2,1-3H3. The molecule has 1 aliphatic heterocycles. The fourth-order valence-corrected chi connectivity index (χ4v) is 3.80. The Hall–Kier alpha value is -3.15. The zero-order valence-corrected chi connectivity index (χ0v) is 18.4. The second-order valence-electron chi connectivity index (χ2n) is 8.99. The number of nitrogens with zero attached hydrogens (tertiary/aromatic N) is 3. The Bertz CT molecular complexity index is 1050. The number of hydrogen-bond donors (Lipinski definition) is 0. The number of hydrogen-bond acceptors (Lipinski definition) is 5. The van der Waals surface area contributed by atoms with Crippen LogP contribution in [0.25, 0.3) is 10.8 Å². The van der Waals surface area contributed by atoms with E-state index >= 15 is 0 Å². The molecule has 1 saturated heterocycles. The summed E-state index contributed by atoms with van der Waals surface area (Å²) in [4.78, 5) is 23.0. The number of carbonyl (C=O) groups is 1. The lowest BCUT2D eigenvalue weighted by atomic mass is 9.93. The van der Waals surface area contributed by atoms with Crippen LogP contribution in [0.1, 0.15) is 50.8 Å². The highest BCUT2D eigenvalue weighted by molar-refractivity contribution is 5.81. The second kappa shape index (κ2) is 8.92. The van der Waals surface area contributed by atoms with E-state index in [1.54, 1.807) is 11.1 Å². The highest BCUT2D eigenvalue weighted by atomic mass is 16.6. The second-order valence-corrected chi connectivity index (χ2v) is 8.99. The molecule has 4 rings (SSSR count). The molecule has 1 amide bonds. The summed E-state index contributed by atoms with van der Waals surface area (Å²) in [6.07, 6.45) is 5.16. The van der Waals surface area contributed by atoms with Gasteiger partial charge in [0.1, 0.15) is 12.2 Å². The van der Waals surface area contributed by atoms with Crippen LogP contribution in [0.15, 0.2) is 54.9 Å². The Morgan fingerprint density at radius 3 is 2.68 bits per heavy atom. The molecule has 6 heteroatoms. The zero-order chi connectivity index (χ0) is 21.8. The lowest BCUT2D eigenvalue weighted by molar-refractivity contribution is 0.0204. The van der Waals surface area contributed by atoms with Gasteiger partial charge in [0.2, 0.25) is 5.88 Å². The van der Waals surface area contributed by atoms with Crippen LogP contribution in [0.3, 0.4) is 0 Å². The third-order valence-electron chi connectivity index (χ3n) is 5.40. The molecule has 0 saturated carbocycles. The van der Waals surface area contributed by atoms with Gasteiger partial charge in [-0.25, -0.2) is 9.78 Å². The number of benzene rings is 1. The van der Waals surface area contributed by atoms with Gasteiger partial charge < -0.3 is 14.4 Å². The number of aromatic nitrogens is 2. The van der Waals surface area contributed by atoms with Gasteiger partial charge in [0.15, 0.2) is 0 Å². The fraction of sp³-hybridized carbons (Fsp3) is 0.400. The van der Waals surface area contributed by atoms with Crippen LogP contribution >= 0.6 is 0 Å². The average Bonchev–Trinajstić information content (AvgIpc) is 2.77. The number of amides is 1. The molecule has 1 aromatic carbocycles. The average molecular weight is 420 g/mol. The van der Waals surface area contributed by atoms with Gasteiger partial charge in [0.25, 0.3) is 0 Å². The van der Waals surface area contributed by atoms with Gasteiger partial charge in [0, 0.05) is 48.5 Å². The molecule has 0 aliphatic carbocycles. The van der Waals surface area contributed by atoms with Crippen molar-refractivity contribution in [3.63, 3.8) is 0 Å². The number of carbonyl (C=O) groups excluding carboxylic acids is 1. The summed E-state index contributed by atoms with van der Waals surface area (Å²) in [6.45, 7) is 7.50. The van der Waals surface area contributed by atoms with Gasteiger partial charge >= 0.3 is 6.09 Å². The first-order valence-electron chi connectivity index (χ1n) is 10.8. The molecule has 0 atom stereocenters. The molecule has 0 radical (unpaired) electrons. The summed E-state index contributed by atoms with van der Waals surface area (Å²) in [6, 6.07) is 14.2. The molecule has 31 heavy (non-hydrogen) atoms. The third-order valence-corrected chi connectivity index (χ3v) is 5.40. The van der Waals surface area contributed by atoms with E-state index < -0.39 is 5.60 Å². The van der Waals surface area contributed by atoms with Crippen molar-refractivity contribution >= 4 is 16.9 Å². The molecule has 1 fully saturated rings. The predicted molar refractivity (Wildman–Crippen MR) is 120 cm³/mol. The summed E-state index contributed by atoms with van der Waals surface area (Å²) < 4.78 is 11.5. The van der Waals surface area contributed by atoms with E-state index in [0.29, 0.717) is 31.5 Å². The molecule has 0 bridgehead atoms. The van der Waals surface area contributed by atoms with Gasteiger partial charge in [-0.3, -0.25) is 4.98 Å². The van der Waals surface area contributed by atoms with E-state index in [4.69, 9.17) is 14.5 Å². The molecular weight excluding hydrogens is 390 g/mol. The first kappa shape index (κ1) is 21.1. The largest absolute Gasteiger partial charge is 0.473 e. The number of fused-ring (bicyclic) bond motifs is 1. The highest BCUT2D eigenvalue weighted by Gasteiger charge is 2.28. The van der Waals surface area contributed by atoms with Crippen molar-refractivity contribution < 1.29 is 14.3 Å². The van der Waals surface area contributed by atoms with Crippen molar-refractivity contribution in [1.29, 1.82) is 0 Å². The summed E-state index contributed by atoms with van der Waals surface area (Å²) in [5.74, 6) is 0.942. The van der Waals surface area contributed by atoms with E-state index in [-0.39, 0.29) is 6.09 Å². The Morgan fingerprint density at radius 2 is 1.90 bits per heavy atom. The fourth-order valence-electron chi connectivity index (χ4n) is 3.80. The van der Waals surface area contributed by atoms with Gasteiger partial charge in [-0.05, 0) is 62.8 Å². The van der Waals surface area contributed by atoms with Crippen molar-refractivity contribution in [2.24, 2.45) is 0 Å². The summed E-state index contributed by atoms with van der Waals surface area (Å²) in [7, 11) is 0. The smallest absolute Gasteiger partial charge is 0.410 e. The first-order chi connectivity index (χ1) is 14.9. The van der Waals surface area contributed by atoms with Crippen LogP contribution in [-0.4, -0.2) is 39.7 Å². The minimum Gasteiger partial charge on any atom is -0.473 e. The molecule has 162 valence electrons. The Balaban J connectivity index is 1.34. The van der Waals surface area contributed by atoms with Gasteiger partial charge in [-0.1, -0.05) is 18.2 Å². The van der Waals surface area contributed by atoms with Crippen molar-refractivity contribution in [3.8, 4) is 5.88 Å². The monoisotopic (exact) mass is 419 g/mol. The van der Waals surface area contributed by atoms with Crippen molar-refractivity contribution in [2.75, 3.05) is 13.1 Å². The maximum atomic E-state index is 12.3. The minimum absolute atomic E-state index is 0.234. The molecule has 0 unspecified atom stereocenters. The van der Waals surface area contributed by atoms with Crippen molar-refractivity contribution in [3.05, 3.63) is 66.1 Å². The number of piperidine rings is 1. The summed E-state index contributed by atoms with van der Waals surface area (Å²) >= 11 is 0. The predicted octanol–water partition coefficient (Wildman–Crippen LogP) is 5.32. The van der Waals surface area contributed by atoms with Crippen LogP contribution in [0.2, 0.25) is 0 Å². The SMILES string of the molecule is CC(C)(C)OC(=O)N1CCC(c2cccc(OCc3ccc4cnccc4c3)n2)CC1. The number of rotatable bonds is 4. The normalized spacial score (nSPS) is 15.1. The van der Waals surface area contributed by atoms with E-state index in [2.05, 4.69) is 23.2 Å². The first-order valence-corrected chi connectivity index (χ1v) is 10.8. The third kappa shape index (κ3) is 5.51. The topological polar surface area (TPSA) is 64.5 Å². The van der Waals surface area contributed by atoms with Crippen LogP contribution < -0.4 is 4.74 Å². The van der Waals surface area contributed by atoms with Crippen LogP contribution in [-0.2, 0) is 11.3 Å².